The molecule has 6 heteroatoms. The van der Waals surface area contributed by atoms with Gasteiger partial charge < -0.3 is 11.1 Å². The first-order chi connectivity index (χ1) is 13.8. The Hall–Kier alpha value is -2.99. The second-order valence-electron chi connectivity index (χ2n) is 7.57. The van der Waals surface area contributed by atoms with E-state index in [0.717, 1.165) is 5.56 Å². The highest BCUT2D eigenvalue weighted by atomic mass is 19.1. The molecule has 3 N–H and O–H groups in total. The highest BCUT2D eigenvalue weighted by Gasteiger charge is 2.20. The molecule has 3 aromatic rings. The zero-order valence-electron chi connectivity index (χ0n) is 17.2. The molecule has 0 saturated carbocycles. The lowest BCUT2D eigenvalue weighted by Crippen LogP contribution is -2.32. The van der Waals surface area contributed by atoms with Gasteiger partial charge in [0.05, 0.1) is 22.6 Å². The van der Waals surface area contributed by atoms with Crippen LogP contribution in [-0.4, -0.2) is 22.2 Å². The zero-order valence-corrected chi connectivity index (χ0v) is 17.2. The molecule has 0 aliphatic heterocycles. The van der Waals surface area contributed by atoms with Crippen LogP contribution in [-0.2, 0) is 0 Å². The molecule has 0 aliphatic rings. The molecule has 0 aliphatic carbocycles. The summed E-state index contributed by atoms with van der Waals surface area (Å²) in [5.41, 5.74) is 11.0. The summed E-state index contributed by atoms with van der Waals surface area (Å²) >= 11 is 0. The molecule has 5 nitrogen and oxygen atoms in total. The number of rotatable bonds is 6. The van der Waals surface area contributed by atoms with Gasteiger partial charge in [-0.25, -0.2) is 9.07 Å². The smallest absolute Gasteiger partial charge is 0.255 e. The molecule has 0 radical (unpaired) electrons. The van der Waals surface area contributed by atoms with Crippen molar-refractivity contribution < 1.29 is 9.18 Å². The number of nitrogens with two attached hydrogens (primary N) is 1. The lowest BCUT2D eigenvalue weighted by atomic mass is 9.99. The largest absolute Gasteiger partial charge is 0.350 e. The summed E-state index contributed by atoms with van der Waals surface area (Å²) in [6, 6.07) is 13.9. The van der Waals surface area contributed by atoms with Crippen LogP contribution in [0.2, 0.25) is 0 Å². The number of aryl methyl sites for hydroxylation is 1. The van der Waals surface area contributed by atoms with Crippen LogP contribution >= 0.6 is 0 Å². The van der Waals surface area contributed by atoms with Crippen LogP contribution in [0.5, 0.6) is 0 Å². The van der Waals surface area contributed by atoms with Crippen molar-refractivity contribution in [2.75, 3.05) is 6.54 Å². The van der Waals surface area contributed by atoms with E-state index in [9.17, 15) is 9.18 Å². The fourth-order valence-corrected chi connectivity index (χ4v) is 3.34. The normalized spacial score (nSPS) is 12.2. The molecule has 1 amide bonds. The average Bonchev–Trinajstić information content (AvgIpc) is 3.00. The Bertz CT molecular complexity index is 991. The van der Waals surface area contributed by atoms with Crippen LogP contribution < -0.4 is 11.1 Å². The zero-order chi connectivity index (χ0) is 21.1. The SMILES string of the molecule is Cc1nn(-c2ccc(F)cc2)c(C)c1C(=O)NCC(N)c1ccc(C(C)C)cc1. The van der Waals surface area contributed by atoms with Crippen LogP contribution in [0.25, 0.3) is 5.69 Å². The quantitative estimate of drug-likeness (QED) is 0.659. The van der Waals surface area contributed by atoms with Crippen molar-refractivity contribution in [3.63, 3.8) is 0 Å². The predicted molar refractivity (Wildman–Crippen MR) is 113 cm³/mol. The standard InChI is InChI=1S/C23H27FN4O/c1-14(2)17-5-7-18(8-6-17)21(25)13-26-23(29)22-15(3)27-28(16(22)4)20-11-9-19(24)10-12-20/h5-12,14,21H,13,25H2,1-4H3,(H,26,29). The third kappa shape index (κ3) is 4.54. The summed E-state index contributed by atoms with van der Waals surface area (Å²) in [4.78, 5) is 12.8. The fraction of sp³-hybridized carbons (Fsp3) is 0.304. The van der Waals surface area contributed by atoms with E-state index in [2.05, 4.69) is 36.4 Å². The van der Waals surface area contributed by atoms with Gasteiger partial charge in [0.25, 0.3) is 5.91 Å². The number of nitrogens with one attached hydrogen (secondary N) is 1. The van der Waals surface area contributed by atoms with Crippen molar-refractivity contribution in [2.24, 2.45) is 5.73 Å². The van der Waals surface area contributed by atoms with Gasteiger partial charge in [0.15, 0.2) is 0 Å². The number of carbonyl (C=O) groups excluding carboxylic acids is 1. The third-order valence-electron chi connectivity index (χ3n) is 5.10. The van der Waals surface area contributed by atoms with Gasteiger partial charge in [-0.3, -0.25) is 4.79 Å². The van der Waals surface area contributed by atoms with Crippen LogP contribution in [0.4, 0.5) is 4.39 Å². The molecule has 3 rings (SSSR count). The van der Waals surface area contributed by atoms with Crippen molar-refractivity contribution in [3.8, 4) is 5.69 Å². The summed E-state index contributed by atoms with van der Waals surface area (Å²) in [5.74, 6) is -0.0742. The Morgan fingerprint density at radius 3 is 2.24 bits per heavy atom. The van der Waals surface area contributed by atoms with E-state index in [1.807, 2.05) is 19.1 Å². The van der Waals surface area contributed by atoms with E-state index in [-0.39, 0.29) is 17.8 Å². The average molecular weight is 394 g/mol. The Morgan fingerprint density at radius 1 is 1.07 bits per heavy atom. The number of hydrogen-bond acceptors (Lipinski definition) is 3. The first-order valence-corrected chi connectivity index (χ1v) is 9.73. The molecular formula is C23H27FN4O. The molecule has 0 bridgehead atoms. The Kier molecular flexibility index (Phi) is 6.13. The van der Waals surface area contributed by atoms with Crippen LogP contribution in [0.3, 0.4) is 0 Å². The molecule has 0 fully saturated rings. The lowest BCUT2D eigenvalue weighted by molar-refractivity contribution is 0.0950. The van der Waals surface area contributed by atoms with E-state index < -0.39 is 0 Å². The summed E-state index contributed by atoms with van der Waals surface area (Å²) < 4.78 is 14.8. The number of benzene rings is 2. The maximum atomic E-state index is 13.2. The van der Waals surface area contributed by atoms with Gasteiger partial charge in [-0.2, -0.15) is 5.10 Å². The van der Waals surface area contributed by atoms with Gasteiger partial charge in [0.1, 0.15) is 5.82 Å². The van der Waals surface area contributed by atoms with Crippen LogP contribution in [0.1, 0.15) is 58.7 Å². The van der Waals surface area contributed by atoms with Crippen LogP contribution in [0, 0.1) is 19.7 Å². The minimum Gasteiger partial charge on any atom is -0.350 e. The van der Waals surface area contributed by atoms with Crippen molar-refractivity contribution >= 4 is 5.91 Å². The summed E-state index contributed by atoms with van der Waals surface area (Å²) in [6.07, 6.45) is 0. The molecule has 1 aromatic heterocycles. The van der Waals surface area contributed by atoms with Gasteiger partial charge in [-0.15, -0.1) is 0 Å². The molecule has 0 saturated heterocycles. The predicted octanol–water partition coefficient (Wildman–Crippen LogP) is 4.18. The van der Waals surface area contributed by atoms with Gasteiger partial charge in [-0.05, 0) is 55.2 Å². The van der Waals surface area contributed by atoms with Crippen molar-refractivity contribution in [1.82, 2.24) is 15.1 Å². The maximum absolute atomic E-state index is 13.2. The van der Waals surface area contributed by atoms with Gasteiger partial charge in [-0.1, -0.05) is 38.1 Å². The number of halogens is 1. The Morgan fingerprint density at radius 2 is 1.66 bits per heavy atom. The second kappa shape index (κ2) is 8.57. The van der Waals surface area contributed by atoms with E-state index in [1.54, 1.807) is 23.7 Å². The van der Waals surface area contributed by atoms with Crippen molar-refractivity contribution in [1.29, 1.82) is 0 Å². The first kappa shape index (κ1) is 20.7. The minimum absolute atomic E-state index is 0.220. The number of carbonyl (C=O) groups is 1. The maximum Gasteiger partial charge on any atom is 0.255 e. The molecule has 1 unspecified atom stereocenters. The molecule has 29 heavy (non-hydrogen) atoms. The Balaban J connectivity index is 1.71. The van der Waals surface area contributed by atoms with E-state index in [0.29, 0.717) is 35.1 Å². The first-order valence-electron chi connectivity index (χ1n) is 9.73. The molecular weight excluding hydrogens is 367 g/mol. The summed E-state index contributed by atoms with van der Waals surface area (Å²) in [5, 5.41) is 7.36. The topological polar surface area (TPSA) is 72.9 Å². The van der Waals surface area contributed by atoms with Gasteiger partial charge in [0.2, 0.25) is 0 Å². The number of hydrogen-bond donors (Lipinski definition) is 2. The lowest BCUT2D eigenvalue weighted by Gasteiger charge is -2.15. The highest BCUT2D eigenvalue weighted by molar-refractivity contribution is 5.96. The summed E-state index contributed by atoms with van der Waals surface area (Å²) in [7, 11) is 0. The van der Waals surface area contributed by atoms with Crippen molar-refractivity contribution in [3.05, 3.63) is 82.4 Å². The number of aromatic nitrogens is 2. The van der Waals surface area contributed by atoms with Crippen molar-refractivity contribution in [2.45, 2.75) is 39.7 Å². The Labute approximate surface area is 170 Å². The third-order valence-corrected chi connectivity index (χ3v) is 5.10. The van der Waals surface area contributed by atoms with E-state index in [1.165, 1.54) is 17.7 Å². The highest BCUT2D eigenvalue weighted by Crippen LogP contribution is 2.20. The number of amides is 1. The fourth-order valence-electron chi connectivity index (χ4n) is 3.34. The monoisotopic (exact) mass is 394 g/mol. The molecule has 1 atom stereocenters. The molecule has 2 aromatic carbocycles. The van der Waals surface area contributed by atoms with Gasteiger partial charge >= 0.3 is 0 Å². The van der Waals surface area contributed by atoms with Gasteiger partial charge in [0, 0.05) is 12.6 Å². The molecule has 152 valence electrons. The van der Waals surface area contributed by atoms with E-state index in [4.69, 9.17) is 5.73 Å². The second-order valence-corrected chi connectivity index (χ2v) is 7.57. The number of nitrogens with zero attached hydrogens (tertiary/aromatic N) is 2. The minimum atomic E-state index is -0.316. The molecule has 1 heterocycles. The summed E-state index contributed by atoms with van der Waals surface area (Å²) in [6.45, 7) is 8.22. The molecule has 0 spiro atoms. The van der Waals surface area contributed by atoms with Crippen LogP contribution in [0.15, 0.2) is 48.5 Å². The van der Waals surface area contributed by atoms with E-state index >= 15 is 0 Å².